The summed E-state index contributed by atoms with van der Waals surface area (Å²) in [6.07, 6.45) is 4.43. The quantitative estimate of drug-likeness (QED) is 0.764. The van der Waals surface area contributed by atoms with E-state index < -0.39 is 5.97 Å². The molecule has 2 aromatic heterocycles. The van der Waals surface area contributed by atoms with Crippen LogP contribution in [0, 0.1) is 5.82 Å². The van der Waals surface area contributed by atoms with Crippen LogP contribution in [-0.4, -0.2) is 25.4 Å². The third-order valence-corrected chi connectivity index (χ3v) is 2.74. The van der Waals surface area contributed by atoms with Crippen molar-refractivity contribution >= 4 is 11.6 Å². The molecule has 3 aromatic rings. The van der Waals surface area contributed by atoms with Crippen LogP contribution in [-0.2, 0) is 0 Å². The van der Waals surface area contributed by atoms with Crippen molar-refractivity contribution in [2.75, 3.05) is 0 Å². The molecule has 1 aromatic carbocycles. The summed E-state index contributed by atoms with van der Waals surface area (Å²) in [6, 6.07) is 5.86. The first-order valence-corrected chi connectivity index (χ1v) is 5.47. The zero-order chi connectivity index (χ0) is 13.4. The molecule has 0 unspecified atom stereocenters. The molecule has 0 saturated heterocycles. The highest BCUT2D eigenvalue weighted by molar-refractivity contribution is 5.88. The molecule has 19 heavy (non-hydrogen) atoms. The topological polar surface area (TPSA) is 67.5 Å². The summed E-state index contributed by atoms with van der Waals surface area (Å²) in [7, 11) is 0. The standard InChI is InChI=1S/C13H8FN3O2/c14-9-3-1-8(2-4-9)10-5-15-7-17-6-11(13(18)19)16-12(10)17/h1-7H,(H,18,19). The molecule has 0 spiro atoms. The van der Waals surface area contributed by atoms with Gasteiger partial charge in [-0.3, -0.25) is 4.40 Å². The van der Waals surface area contributed by atoms with Gasteiger partial charge in [-0.25, -0.2) is 19.2 Å². The van der Waals surface area contributed by atoms with E-state index in [1.165, 1.54) is 29.1 Å². The van der Waals surface area contributed by atoms with E-state index in [1.807, 2.05) is 0 Å². The maximum Gasteiger partial charge on any atom is 0.356 e. The van der Waals surface area contributed by atoms with E-state index in [4.69, 9.17) is 5.11 Å². The van der Waals surface area contributed by atoms with Crippen LogP contribution in [0.15, 0.2) is 43.0 Å². The van der Waals surface area contributed by atoms with Crippen molar-refractivity contribution in [3.63, 3.8) is 0 Å². The van der Waals surface area contributed by atoms with Crippen LogP contribution in [0.2, 0.25) is 0 Å². The second-order valence-electron chi connectivity index (χ2n) is 3.98. The molecule has 1 N–H and O–H groups in total. The molecular formula is C13H8FN3O2. The largest absolute Gasteiger partial charge is 0.476 e. The van der Waals surface area contributed by atoms with Gasteiger partial charge in [0.05, 0.1) is 0 Å². The van der Waals surface area contributed by atoms with E-state index in [0.29, 0.717) is 11.2 Å². The summed E-state index contributed by atoms with van der Waals surface area (Å²) in [6.45, 7) is 0. The van der Waals surface area contributed by atoms with Gasteiger partial charge in [-0.15, -0.1) is 0 Å². The maximum atomic E-state index is 12.9. The number of carboxylic acid groups (broad SMARTS) is 1. The molecular weight excluding hydrogens is 249 g/mol. The van der Waals surface area contributed by atoms with E-state index >= 15 is 0 Å². The monoisotopic (exact) mass is 257 g/mol. The molecule has 6 heteroatoms. The van der Waals surface area contributed by atoms with Gasteiger partial charge in [-0.1, -0.05) is 12.1 Å². The van der Waals surface area contributed by atoms with E-state index in [9.17, 15) is 9.18 Å². The Hall–Kier alpha value is -2.76. The Balaban J connectivity index is 2.23. The molecule has 0 amide bonds. The van der Waals surface area contributed by atoms with Crippen LogP contribution >= 0.6 is 0 Å². The first kappa shape index (κ1) is 11.3. The molecule has 0 aliphatic carbocycles. The predicted molar refractivity (Wildman–Crippen MR) is 65.3 cm³/mol. The van der Waals surface area contributed by atoms with E-state index in [0.717, 1.165) is 5.56 Å². The Kier molecular flexibility index (Phi) is 2.49. The number of hydrogen-bond acceptors (Lipinski definition) is 3. The van der Waals surface area contributed by atoms with Gasteiger partial charge >= 0.3 is 5.97 Å². The van der Waals surface area contributed by atoms with Gasteiger partial charge in [-0.05, 0) is 17.7 Å². The van der Waals surface area contributed by atoms with Crippen LogP contribution in [0.25, 0.3) is 16.8 Å². The Labute approximate surface area is 107 Å². The average molecular weight is 257 g/mol. The number of fused-ring (bicyclic) bond motifs is 1. The second kappa shape index (κ2) is 4.16. The third-order valence-electron chi connectivity index (χ3n) is 2.74. The summed E-state index contributed by atoms with van der Waals surface area (Å²) >= 11 is 0. The predicted octanol–water partition coefficient (Wildman–Crippen LogP) is 2.23. The SMILES string of the molecule is O=C(O)c1cn2cncc(-c3ccc(F)cc3)c2n1. The number of nitrogens with zero attached hydrogens (tertiary/aromatic N) is 3. The van der Waals surface area contributed by atoms with Crippen molar-refractivity contribution in [2.45, 2.75) is 0 Å². The minimum absolute atomic E-state index is 0.0589. The van der Waals surface area contributed by atoms with Crippen molar-refractivity contribution in [3.05, 3.63) is 54.5 Å². The number of carboxylic acids is 1. The first-order valence-electron chi connectivity index (χ1n) is 5.47. The van der Waals surface area contributed by atoms with Crippen molar-refractivity contribution < 1.29 is 14.3 Å². The molecule has 94 valence electrons. The van der Waals surface area contributed by atoms with Gasteiger partial charge in [0.25, 0.3) is 0 Å². The lowest BCUT2D eigenvalue weighted by molar-refractivity contribution is 0.0691. The fourth-order valence-corrected chi connectivity index (χ4v) is 1.85. The van der Waals surface area contributed by atoms with Crippen molar-refractivity contribution in [1.82, 2.24) is 14.4 Å². The van der Waals surface area contributed by atoms with E-state index in [-0.39, 0.29) is 11.5 Å². The summed E-state index contributed by atoms with van der Waals surface area (Å²) in [5, 5.41) is 8.94. The van der Waals surface area contributed by atoms with E-state index in [2.05, 4.69) is 9.97 Å². The molecule has 0 aliphatic rings. The number of hydrogen-bond donors (Lipinski definition) is 1. The average Bonchev–Trinajstić information content (AvgIpc) is 2.83. The first-order chi connectivity index (χ1) is 9.15. The lowest BCUT2D eigenvalue weighted by Crippen LogP contribution is -1.95. The molecule has 0 saturated carbocycles. The van der Waals surface area contributed by atoms with Gasteiger partial charge in [0.15, 0.2) is 5.69 Å². The van der Waals surface area contributed by atoms with Crippen LogP contribution in [0.1, 0.15) is 10.5 Å². The molecule has 3 rings (SSSR count). The third kappa shape index (κ3) is 1.93. The fraction of sp³-hybridized carbons (Fsp3) is 0. The molecule has 0 atom stereocenters. The lowest BCUT2D eigenvalue weighted by Gasteiger charge is -2.02. The van der Waals surface area contributed by atoms with Gasteiger partial charge in [0.2, 0.25) is 0 Å². The molecule has 0 fully saturated rings. The van der Waals surface area contributed by atoms with Crippen molar-refractivity contribution in [3.8, 4) is 11.1 Å². The summed E-state index contributed by atoms with van der Waals surface area (Å²) in [5.74, 6) is -1.44. The highest BCUT2D eigenvalue weighted by Gasteiger charge is 2.12. The summed E-state index contributed by atoms with van der Waals surface area (Å²) in [4.78, 5) is 19.0. The van der Waals surface area contributed by atoms with Crippen LogP contribution < -0.4 is 0 Å². The van der Waals surface area contributed by atoms with Crippen LogP contribution in [0.4, 0.5) is 4.39 Å². The van der Waals surface area contributed by atoms with Crippen LogP contribution in [0.3, 0.4) is 0 Å². The van der Waals surface area contributed by atoms with Gasteiger partial charge in [-0.2, -0.15) is 0 Å². The number of imidazole rings is 1. The molecule has 5 nitrogen and oxygen atoms in total. The highest BCUT2D eigenvalue weighted by atomic mass is 19.1. The smallest absolute Gasteiger partial charge is 0.356 e. The number of halogens is 1. The molecule has 2 heterocycles. The highest BCUT2D eigenvalue weighted by Crippen LogP contribution is 2.23. The number of aromatic nitrogens is 3. The minimum Gasteiger partial charge on any atom is -0.476 e. The zero-order valence-corrected chi connectivity index (χ0v) is 9.62. The Morgan fingerprint density at radius 3 is 2.68 bits per heavy atom. The van der Waals surface area contributed by atoms with Gasteiger partial charge < -0.3 is 5.11 Å². The Morgan fingerprint density at radius 2 is 2.00 bits per heavy atom. The van der Waals surface area contributed by atoms with Crippen molar-refractivity contribution in [1.29, 1.82) is 0 Å². The molecule has 0 radical (unpaired) electrons. The maximum absolute atomic E-state index is 12.9. The second-order valence-corrected chi connectivity index (χ2v) is 3.98. The van der Waals surface area contributed by atoms with E-state index in [1.54, 1.807) is 18.3 Å². The molecule has 0 aliphatic heterocycles. The Bertz CT molecular complexity index is 765. The minimum atomic E-state index is -1.10. The number of carbonyl (C=O) groups is 1. The number of aromatic carboxylic acids is 1. The summed E-state index contributed by atoms with van der Waals surface area (Å²) < 4.78 is 14.4. The zero-order valence-electron chi connectivity index (χ0n) is 9.62. The number of benzene rings is 1. The number of rotatable bonds is 2. The lowest BCUT2D eigenvalue weighted by atomic mass is 10.1. The summed E-state index contributed by atoms with van der Waals surface area (Å²) in [5.41, 5.74) is 1.78. The van der Waals surface area contributed by atoms with Crippen molar-refractivity contribution in [2.24, 2.45) is 0 Å². The Morgan fingerprint density at radius 1 is 1.26 bits per heavy atom. The normalized spacial score (nSPS) is 10.8. The van der Waals surface area contributed by atoms with Gasteiger partial charge in [0.1, 0.15) is 17.8 Å². The van der Waals surface area contributed by atoms with Crippen LogP contribution in [0.5, 0.6) is 0 Å². The van der Waals surface area contributed by atoms with Gasteiger partial charge in [0, 0.05) is 18.0 Å². The fourth-order valence-electron chi connectivity index (χ4n) is 1.85. The molecule has 0 bridgehead atoms.